The maximum Gasteiger partial charge on any atom is 0.408 e. The molecule has 11 heteroatoms. The van der Waals surface area contributed by atoms with E-state index in [9.17, 15) is 13.2 Å². The molecule has 0 bridgehead atoms. The van der Waals surface area contributed by atoms with Gasteiger partial charge in [0.1, 0.15) is 12.4 Å². The molecule has 2 aliphatic rings. The number of benzene rings is 1. The van der Waals surface area contributed by atoms with Crippen LogP contribution in [0.1, 0.15) is 17.0 Å². The lowest BCUT2D eigenvalue weighted by molar-refractivity contribution is -0.143. The molecule has 4 heterocycles. The summed E-state index contributed by atoms with van der Waals surface area (Å²) in [6, 6.07) is 11.1. The van der Waals surface area contributed by atoms with Crippen molar-refractivity contribution in [2.45, 2.75) is 32.0 Å². The molecule has 0 unspecified atom stereocenters. The highest BCUT2D eigenvalue weighted by molar-refractivity contribution is 5.67. The molecule has 2 aromatic heterocycles. The standard InChI is InChI=1S/C24H26F3N5O3/c1-31-10-9-28-23-19(31)6-5-17(29-23)8-11-33-22-13-18(30-32(22)14-24(25,26)27)4-2-16-3-7-20-21(12-16)35-15-34-20/h3,5-7,12-13H,2,4,8-11,14-15H2,1H3,(H,28,29). The number of anilines is 2. The van der Waals surface area contributed by atoms with Crippen LogP contribution < -0.4 is 24.4 Å². The zero-order valence-corrected chi connectivity index (χ0v) is 19.3. The molecule has 0 saturated heterocycles. The molecule has 2 aliphatic heterocycles. The summed E-state index contributed by atoms with van der Waals surface area (Å²) in [5.74, 6) is 2.27. The molecule has 1 aromatic carbocycles. The van der Waals surface area contributed by atoms with Crippen molar-refractivity contribution in [3.05, 3.63) is 53.3 Å². The van der Waals surface area contributed by atoms with Crippen LogP contribution in [0.25, 0.3) is 0 Å². The van der Waals surface area contributed by atoms with E-state index in [2.05, 4.69) is 20.3 Å². The Balaban J connectivity index is 1.23. The van der Waals surface area contributed by atoms with Gasteiger partial charge in [0, 0.05) is 38.3 Å². The minimum Gasteiger partial charge on any atom is -0.477 e. The molecule has 0 fully saturated rings. The van der Waals surface area contributed by atoms with Crippen molar-refractivity contribution < 1.29 is 27.4 Å². The fourth-order valence-corrected chi connectivity index (χ4v) is 4.13. The summed E-state index contributed by atoms with van der Waals surface area (Å²) in [5.41, 5.74) is 3.34. The molecule has 1 N–H and O–H groups in total. The Bertz CT molecular complexity index is 1200. The molecule has 186 valence electrons. The van der Waals surface area contributed by atoms with Crippen LogP contribution >= 0.6 is 0 Å². The number of likely N-dealkylation sites (N-methyl/N-ethyl adjacent to an activating group) is 1. The predicted molar refractivity (Wildman–Crippen MR) is 123 cm³/mol. The van der Waals surface area contributed by atoms with Gasteiger partial charge in [-0.3, -0.25) is 0 Å². The van der Waals surface area contributed by atoms with Gasteiger partial charge >= 0.3 is 6.18 Å². The van der Waals surface area contributed by atoms with E-state index >= 15 is 0 Å². The second-order valence-corrected chi connectivity index (χ2v) is 8.55. The highest BCUT2D eigenvalue weighted by Gasteiger charge is 2.30. The zero-order valence-electron chi connectivity index (χ0n) is 19.3. The number of rotatable bonds is 8. The van der Waals surface area contributed by atoms with Gasteiger partial charge in [-0.2, -0.15) is 18.3 Å². The maximum atomic E-state index is 13.1. The molecule has 0 radical (unpaired) electrons. The van der Waals surface area contributed by atoms with Crippen LogP contribution in [0.2, 0.25) is 0 Å². The van der Waals surface area contributed by atoms with E-state index in [1.165, 1.54) is 0 Å². The average Bonchev–Trinajstić information content (AvgIpc) is 3.43. The summed E-state index contributed by atoms with van der Waals surface area (Å²) in [4.78, 5) is 6.74. The summed E-state index contributed by atoms with van der Waals surface area (Å²) >= 11 is 0. The van der Waals surface area contributed by atoms with Crippen molar-refractivity contribution in [1.29, 1.82) is 0 Å². The SMILES string of the molecule is CN1CCNc2nc(CCOc3cc(CCc4ccc5c(c4)OCO5)nn3CC(F)(F)F)ccc21. The van der Waals surface area contributed by atoms with Gasteiger partial charge in [-0.05, 0) is 42.7 Å². The first-order valence-electron chi connectivity index (χ1n) is 11.4. The summed E-state index contributed by atoms with van der Waals surface area (Å²) in [6.45, 7) is 0.877. The Morgan fingerprint density at radius 3 is 2.74 bits per heavy atom. The minimum absolute atomic E-state index is 0.0961. The second-order valence-electron chi connectivity index (χ2n) is 8.55. The third-order valence-corrected chi connectivity index (χ3v) is 5.92. The van der Waals surface area contributed by atoms with Gasteiger partial charge in [-0.15, -0.1) is 0 Å². The van der Waals surface area contributed by atoms with Crippen LogP contribution in [0.4, 0.5) is 24.7 Å². The molecule has 0 spiro atoms. The normalized spacial score (nSPS) is 14.6. The zero-order chi connectivity index (χ0) is 24.4. The number of fused-ring (bicyclic) bond motifs is 2. The molecule has 0 atom stereocenters. The van der Waals surface area contributed by atoms with Gasteiger partial charge in [-0.1, -0.05) is 6.07 Å². The van der Waals surface area contributed by atoms with E-state index in [0.29, 0.717) is 36.5 Å². The van der Waals surface area contributed by atoms with Gasteiger partial charge in [0.25, 0.3) is 0 Å². The minimum atomic E-state index is -4.41. The third kappa shape index (κ3) is 5.55. The summed E-state index contributed by atoms with van der Waals surface area (Å²) in [7, 11) is 2.01. The lowest BCUT2D eigenvalue weighted by Gasteiger charge is -2.27. The van der Waals surface area contributed by atoms with Gasteiger partial charge in [-0.25, -0.2) is 9.67 Å². The highest BCUT2D eigenvalue weighted by atomic mass is 19.4. The van der Waals surface area contributed by atoms with Crippen LogP contribution in [-0.4, -0.2) is 54.5 Å². The van der Waals surface area contributed by atoms with Crippen LogP contribution in [0.5, 0.6) is 17.4 Å². The molecule has 5 rings (SSSR count). The van der Waals surface area contributed by atoms with E-state index in [0.717, 1.165) is 40.5 Å². The van der Waals surface area contributed by atoms with Gasteiger partial charge in [0.15, 0.2) is 11.5 Å². The van der Waals surface area contributed by atoms with Crippen molar-refractivity contribution in [3.63, 3.8) is 0 Å². The monoisotopic (exact) mass is 489 g/mol. The quantitative estimate of drug-likeness (QED) is 0.516. The molecule has 0 amide bonds. The lowest BCUT2D eigenvalue weighted by Crippen LogP contribution is -2.31. The van der Waals surface area contributed by atoms with Gasteiger partial charge in [0.05, 0.1) is 18.0 Å². The van der Waals surface area contributed by atoms with Crippen molar-refractivity contribution in [3.8, 4) is 17.4 Å². The van der Waals surface area contributed by atoms with Crippen LogP contribution in [-0.2, 0) is 25.8 Å². The Hall–Kier alpha value is -3.63. The largest absolute Gasteiger partial charge is 0.477 e. The lowest BCUT2D eigenvalue weighted by atomic mass is 10.1. The first-order chi connectivity index (χ1) is 16.8. The topological polar surface area (TPSA) is 73.7 Å². The summed E-state index contributed by atoms with van der Waals surface area (Å²) in [6.07, 6.45) is -2.88. The van der Waals surface area contributed by atoms with Crippen LogP contribution in [0.3, 0.4) is 0 Å². The van der Waals surface area contributed by atoms with E-state index in [1.54, 1.807) is 6.07 Å². The number of nitrogens with one attached hydrogen (secondary N) is 1. The van der Waals surface area contributed by atoms with Crippen molar-refractivity contribution in [2.75, 3.05) is 43.8 Å². The number of pyridine rings is 1. The van der Waals surface area contributed by atoms with Crippen molar-refractivity contribution >= 4 is 11.5 Å². The van der Waals surface area contributed by atoms with Crippen molar-refractivity contribution in [1.82, 2.24) is 14.8 Å². The van der Waals surface area contributed by atoms with Gasteiger partial charge < -0.3 is 24.4 Å². The number of aryl methyl sites for hydroxylation is 2. The summed E-state index contributed by atoms with van der Waals surface area (Å²) in [5, 5.41) is 7.43. The number of ether oxygens (including phenoxy) is 3. The van der Waals surface area contributed by atoms with E-state index in [-0.39, 0.29) is 19.3 Å². The molecule has 35 heavy (non-hydrogen) atoms. The smallest absolute Gasteiger partial charge is 0.408 e. The van der Waals surface area contributed by atoms with Crippen molar-refractivity contribution in [2.24, 2.45) is 0 Å². The first-order valence-corrected chi connectivity index (χ1v) is 11.4. The van der Waals surface area contributed by atoms with Gasteiger partial charge in [0.2, 0.25) is 12.7 Å². The van der Waals surface area contributed by atoms with Crippen LogP contribution in [0.15, 0.2) is 36.4 Å². The molecular weight excluding hydrogens is 463 g/mol. The number of aromatic nitrogens is 3. The Labute approximate surface area is 200 Å². The number of hydrogen-bond donors (Lipinski definition) is 1. The third-order valence-electron chi connectivity index (χ3n) is 5.92. The average molecular weight is 489 g/mol. The van der Waals surface area contributed by atoms with E-state index in [4.69, 9.17) is 14.2 Å². The molecule has 3 aromatic rings. The molecule has 0 saturated carbocycles. The van der Waals surface area contributed by atoms with E-state index < -0.39 is 12.7 Å². The fraction of sp³-hybridized carbons (Fsp3) is 0.417. The highest BCUT2D eigenvalue weighted by Crippen LogP contribution is 2.33. The Morgan fingerprint density at radius 2 is 1.89 bits per heavy atom. The first kappa shape index (κ1) is 23.1. The molecule has 0 aliphatic carbocycles. The Kier molecular flexibility index (Phi) is 6.31. The summed E-state index contributed by atoms with van der Waals surface area (Å²) < 4.78 is 56.7. The van der Waals surface area contributed by atoms with E-state index in [1.807, 2.05) is 37.4 Å². The maximum absolute atomic E-state index is 13.1. The fourth-order valence-electron chi connectivity index (χ4n) is 4.13. The Morgan fingerprint density at radius 1 is 1.03 bits per heavy atom. The number of alkyl halides is 3. The molecule has 8 nitrogen and oxygen atoms in total. The van der Waals surface area contributed by atoms with Crippen LogP contribution in [0, 0.1) is 0 Å². The number of nitrogens with zero attached hydrogens (tertiary/aromatic N) is 4. The number of halogens is 3. The predicted octanol–water partition coefficient (Wildman–Crippen LogP) is 3.84. The second kappa shape index (κ2) is 9.55. The number of hydrogen-bond acceptors (Lipinski definition) is 7. The molecular formula is C24H26F3N5O3.